The summed E-state index contributed by atoms with van der Waals surface area (Å²) in [4.78, 5) is 22.5. The molecule has 0 bridgehead atoms. The van der Waals surface area contributed by atoms with Crippen LogP contribution in [0.15, 0.2) is 59.2 Å². The number of aromatic nitrogens is 4. The zero-order chi connectivity index (χ0) is 23.7. The highest BCUT2D eigenvalue weighted by atomic mass is 79.9. The van der Waals surface area contributed by atoms with E-state index in [1.54, 1.807) is 11.8 Å². The Balaban J connectivity index is 1.52. The summed E-state index contributed by atoms with van der Waals surface area (Å²) in [5.41, 5.74) is 5.49. The number of aryl methyl sites for hydroxylation is 2. The number of halogens is 1. The van der Waals surface area contributed by atoms with Gasteiger partial charge in [0.15, 0.2) is 5.69 Å². The standard InChI is InChI=1S/C25H23BrN6O2/c1-32-23-18(22(31-32)24(33)28-17-8-4-3-5-9-17)10-6-7-15-14-27-25(30-21(15)23)29-19-12-11-16(26)13-20(19)34-2/h3-5,8-9,11-14H,6-7,10H2,1-2H3,(H,28,33)(H,27,29,30). The highest BCUT2D eigenvalue weighted by molar-refractivity contribution is 9.10. The molecule has 1 aliphatic carbocycles. The van der Waals surface area contributed by atoms with E-state index in [1.165, 1.54) is 0 Å². The fourth-order valence-corrected chi connectivity index (χ4v) is 4.53. The molecule has 0 spiro atoms. The minimum atomic E-state index is -0.224. The Bertz CT molecular complexity index is 1370. The summed E-state index contributed by atoms with van der Waals surface area (Å²) >= 11 is 3.46. The van der Waals surface area contributed by atoms with Crippen LogP contribution >= 0.6 is 15.9 Å². The molecule has 172 valence electrons. The Kier molecular flexibility index (Phi) is 6.02. The van der Waals surface area contributed by atoms with E-state index in [-0.39, 0.29) is 5.91 Å². The van der Waals surface area contributed by atoms with Crippen LogP contribution in [-0.4, -0.2) is 32.8 Å². The van der Waals surface area contributed by atoms with Gasteiger partial charge < -0.3 is 15.4 Å². The number of fused-ring (bicyclic) bond motifs is 3. The lowest BCUT2D eigenvalue weighted by atomic mass is 10.1. The van der Waals surface area contributed by atoms with Gasteiger partial charge in [-0.1, -0.05) is 34.1 Å². The Morgan fingerprint density at radius 2 is 1.97 bits per heavy atom. The monoisotopic (exact) mass is 518 g/mol. The quantitative estimate of drug-likeness (QED) is 0.380. The molecule has 0 unspecified atom stereocenters. The number of ether oxygens (including phenoxy) is 1. The van der Waals surface area contributed by atoms with Gasteiger partial charge in [-0.25, -0.2) is 9.97 Å². The number of nitrogens with zero attached hydrogens (tertiary/aromatic N) is 4. The molecule has 0 aliphatic heterocycles. The molecule has 0 saturated heterocycles. The number of methoxy groups -OCH3 is 1. The van der Waals surface area contributed by atoms with Crippen LogP contribution in [0.5, 0.6) is 5.75 Å². The van der Waals surface area contributed by atoms with Gasteiger partial charge in [0.1, 0.15) is 5.75 Å². The van der Waals surface area contributed by atoms with Gasteiger partial charge in [0.2, 0.25) is 5.95 Å². The number of hydrogen-bond acceptors (Lipinski definition) is 6. The first-order chi connectivity index (χ1) is 16.5. The first-order valence-electron chi connectivity index (χ1n) is 10.9. The van der Waals surface area contributed by atoms with Crippen LogP contribution in [0, 0.1) is 0 Å². The molecule has 8 nitrogen and oxygen atoms in total. The van der Waals surface area contributed by atoms with Crippen molar-refractivity contribution in [1.82, 2.24) is 19.7 Å². The van der Waals surface area contributed by atoms with Gasteiger partial charge in [0.25, 0.3) is 5.91 Å². The predicted octanol–water partition coefficient (Wildman–Crippen LogP) is 5.13. The van der Waals surface area contributed by atoms with Crippen molar-refractivity contribution < 1.29 is 9.53 Å². The van der Waals surface area contributed by atoms with Crippen LogP contribution in [0.4, 0.5) is 17.3 Å². The molecule has 1 amide bonds. The summed E-state index contributed by atoms with van der Waals surface area (Å²) in [7, 11) is 3.47. The zero-order valence-electron chi connectivity index (χ0n) is 18.8. The van der Waals surface area contributed by atoms with Gasteiger partial charge >= 0.3 is 0 Å². The second-order valence-corrected chi connectivity index (χ2v) is 8.93. The van der Waals surface area contributed by atoms with Crippen LogP contribution in [0.1, 0.15) is 28.0 Å². The summed E-state index contributed by atoms with van der Waals surface area (Å²) < 4.78 is 8.14. The third-order valence-electron chi connectivity index (χ3n) is 5.76. The lowest BCUT2D eigenvalue weighted by molar-refractivity contribution is 0.102. The van der Waals surface area contributed by atoms with Gasteiger partial charge in [-0.05, 0) is 55.2 Å². The predicted molar refractivity (Wildman–Crippen MR) is 135 cm³/mol. The van der Waals surface area contributed by atoms with E-state index in [0.29, 0.717) is 17.4 Å². The molecule has 9 heteroatoms. The van der Waals surface area contributed by atoms with Crippen LogP contribution in [0.25, 0.3) is 11.4 Å². The fraction of sp³-hybridized carbons (Fsp3) is 0.200. The molecule has 2 heterocycles. The second kappa shape index (κ2) is 9.26. The number of carbonyl (C=O) groups excluding carboxylic acids is 1. The highest BCUT2D eigenvalue weighted by Crippen LogP contribution is 2.35. The van der Waals surface area contributed by atoms with Crippen molar-refractivity contribution in [2.45, 2.75) is 19.3 Å². The Hall–Kier alpha value is -3.72. The lowest BCUT2D eigenvalue weighted by Crippen LogP contribution is -2.14. The number of para-hydroxylation sites is 1. The molecule has 2 aromatic heterocycles. The molecular weight excluding hydrogens is 496 g/mol. The van der Waals surface area contributed by atoms with Crippen LogP contribution in [0.2, 0.25) is 0 Å². The summed E-state index contributed by atoms with van der Waals surface area (Å²) in [6.07, 6.45) is 4.29. The molecular formula is C25H23BrN6O2. The molecule has 5 rings (SSSR count). The number of carbonyl (C=O) groups is 1. The van der Waals surface area contributed by atoms with E-state index in [9.17, 15) is 4.79 Å². The van der Waals surface area contributed by atoms with Gasteiger partial charge in [-0.2, -0.15) is 5.10 Å². The fourth-order valence-electron chi connectivity index (χ4n) is 4.19. The maximum Gasteiger partial charge on any atom is 0.276 e. The molecule has 2 N–H and O–H groups in total. The number of rotatable bonds is 5. The third kappa shape index (κ3) is 4.26. The summed E-state index contributed by atoms with van der Waals surface area (Å²) in [6, 6.07) is 15.1. The average molecular weight is 519 g/mol. The molecule has 0 atom stereocenters. The largest absolute Gasteiger partial charge is 0.495 e. The van der Waals surface area contributed by atoms with E-state index >= 15 is 0 Å². The molecule has 1 aliphatic rings. The van der Waals surface area contributed by atoms with E-state index in [1.807, 2.05) is 61.8 Å². The topological polar surface area (TPSA) is 94.0 Å². The van der Waals surface area contributed by atoms with Crippen molar-refractivity contribution in [2.24, 2.45) is 7.05 Å². The van der Waals surface area contributed by atoms with Gasteiger partial charge in [-0.3, -0.25) is 9.48 Å². The van der Waals surface area contributed by atoms with Crippen molar-refractivity contribution in [1.29, 1.82) is 0 Å². The van der Waals surface area contributed by atoms with Crippen molar-refractivity contribution in [3.63, 3.8) is 0 Å². The normalized spacial score (nSPS) is 12.3. The number of amides is 1. The number of anilines is 3. The molecule has 2 aromatic carbocycles. The Labute approximate surface area is 205 Å². The van der Waals surface area contributed by atoms with Crippen molar-refractivity contribution in [2.75, 3.05) is 17.7 Å². The van der Waals surface area contributed by atoms with E-state index in [4.69, 9.17) is 9.72 Å². The van der Waals surface area contributed by atoms with Gasteiger partial charge in [-0.15, -0.1) is 0 Å². The zero-order valence-corrected chi connectivity index (χ0v) is 20.4. The summed E-state index contributed by atoms with van der Waals surface area (Å²) in [5.74, 6) is 0.899. The maximum absolute atomic E-state index is 13.1. The van der Waals surface area contributed by atoms with Crippen LogP contribution in [-0.2, 0) is 19.9 Å². The molecule has 0 fully saturated rings. The number of nitrogens with one attached hydrogen (secondary N) is 2. The first kappa shape index (κ1) is 22.1. The lowest BCUT2D eigenvalue weighted by Gasteiger charge is -2.13. The van der Waals surface area contributed by atoms with Gasteiger partial charge in [0, 0.05) is 29.0 Å². The maximum atomic E-state index is 13.1. The average Bonchev–Trinajstić information content (AvgIpc) is 3.05. The number of benzene rings is 2. The van der Waals surface area contributed by atoms with Gasteiger partial charge in [0.05, 0.1) is 24.2 Å². The van der Waals surface area contributed by atoms with Crippen molar-refractivity contribution in [3.05, 3.63) is 76.0 Å². The third-order valence-corrected chi connectivity index (χ3v) is 6.26. The second-order valence-electron chi connectivity index (χ2n) is 8.01. The molecule has 4 aromatic rings. The Morgan fingerprint density at radius 3 is 2.76 bits per heavy atom. The smallest absolute Gasteiger partial charge is 0.276 e. The van der Waals surface area contributed by atoms with E-state index < -0.39 is 0 Å². The molecule has 0 saturated carbocycles. The summed E-state index contributed by atoms with van der Waals surface area (Å²) in [5, 5.41) is 10.8. The highest BCUT2D eigenvalue weighted by Gasteiger charge is 2.27. The van der Waals surface area contributed by atoms with Crippen LogP contribution in [0.3, 0.4) is 0 Å². The minimum absolute atomic E-state index is 0.224. The molecule has 34 heavy (non-hydrogen) atoms. The minimum Gasteiger partial charge on any atom is -0.495 e. The van der Waals surface area contributed by atoms with Crippen LogP contribution < -0.4 is 15.4 Å². The SMILES string of the molecule is COc1cc(Br)ccc1Nc1ncc2c(n1)-c1c(c(C(=O)Nc3ccccc3)nn1C)CCC2. The van der Waals surface area contributed by atoms with Crippen molar-refractivity contribution >= 4 is 39.2 Å². The van der Waals surface area contributed by atoms with E-state index in [0.717, 1.165) is 57.6 Å². The Morgan fingerprint density at radius 1 is 1.15 bits per heavy atom. The van der Waals surface area contributed by atoms with Crippen molar-refractivity contribution in [3.8, 4) is 17.1 Å². The van der Waals surface area contributed by atoms with E-state index in [2.05, 4.69) is 36.6 Å². The summed E-state index contributed by atoms with van der Waals surface area (Å²) in [6.45, 7) is 0. The number of hydrogen-bond donors (Lipinski definition) is 2. The molecule has 0 radical (unpaired) electrons. The first-order valence-corrected chi connectivity index (χ1v) is 11.7.